The van der Waals surface area contributed by atoms with Crippen molar-refractivity contribution in [1.82, 2.24) is 9.21 Å². The average molecular weight is 557 g/mol. The van der Waals surface area contributed by atoms with Gasteiger partial charge in [0.05, 0.1) is 18.0 Å². The van der Waals surface area contributed by atoms with Gasteiger partial charge in [-0.25, -0.2) is 12.8 Å². The lowest BCUT2D eigenvalue weighted by molar-refractivity contribution is -0.133. The lowest BCUT2D eigenvalue weighted by Gasteiger charge is -2.35. The molecule has 1 saturated carbocycles. The van der Waals surface area contributed by atoms with E-state index in [9.17, 15) is 17.6 Å². The van der Waals surface area contributed by atoms with E-state index in [4.69, 9.17) is 0 Å². The van der Waals surface area contributed by atoms with Gasteiger partial charge < -0.3 is 4.90 Å². The molecule has 2 aromatic carbocycles. The molecule has 0 bridgehead atoms. The third-order valence-electron chi connectivity index (χ3n) is 7.39. The van der Waals surface area contributed by atoms with Crippen LogP contribution in [0.4, 0.5) is 4.39 Å². The van der Waals surface area contributed by atoms with E-state index in [1.165, 1.54) is 16.4 Å². The van der Waals surface area contributed by atoms with Gasteiger partial charge in [-0.3, -0.25) is 4.79 Å². The van der Waals surface area contributed by atoms with Gasteiger partial charge in [-0.2, -0.15) is 4.31 Å². The van der Waals surface area contributed by atoms with Gasteiger partial charge in [-0.05, 0) is 86.4 Å². The Balaban J connectivity index is 1.69. The van der Waals surface area contributed by atoms with Crippen molar-refractivity contribution in [3.63, 3.8) is 0 Å². The molecule has 1 aromatic heterocycles. The summed E-state index contributed by atoms with van der Waals surface area (Å²) in [5.74, 6) is -0.585. The maximum Gasteiger partial charge on any atom is 0.244 e. The Morgan fingerprint density at radius 2 is 1.55 bits per heavy atom. The van der Waals surface area contributed by atoms with Crippen molar-refractivity contribution in [2.45, 2.75) is 83.8 Å². The van der Waals surface area contributed by atoms with E-state index in [2.05, 4.69) is 0 Å². The first-order chi connectivity index (χ1) is 18.1. The highest BCUT2D eigenvalue weighted by Crippen LogP contribution is 2.32. The molecular formula is C30H37FN2O3S2. The molecule has 0 unspecified atom stereocenters. The van der Waals surface area contributed by atoms with Crippen molar-refractivity contribution in [2.75, 3.05) is 6.54 Å². The zero-order valence-electron chi connectivity index (χ0n) is 22.7. The van der Waals surface area contributed by atoms with Gasteiger partial charge >= 0.3 is 0 Å². The second-order valence-corrected chi connectivity index (χ2v) is 13.3. The second kappa shape index (κ2) is 12.1. The molecule has 0 saturated heterocycles. The minimum Gasteiger partial charge on any atom is -0.332 e. The normalized spacial score (nSPS) is 14.7. The number of rotatable bonds is 9. The van der Waals surface area contributed by atoms with Crippen molar-refractivity contribution in [1.29, 1.82) is 0 Å². The number of sulfonamides is 1. The Hall–Kier alpha value is -2.55. The molecule has 204 valence electrons. The first-order valence-corrected chi connectivity index (χ1v) is 15.5. The Morgan fingerprint density at radius 3 is 2.13 bits per heavy atom. The topological polar surface area (TPSA) is 57.7 Å². The molecule has 0 spiro atoms. The number of hydrogen-bond acceptors (Lipinski definition) is 4. The Morgan fingerprint density at radius 1 is 0.921 bits per heavy atom. The summed E-state index contributed by atoms with van der Waals surface area (Å²) < 4.78 is 43.5. The third-order valence-corrected chi connectivity index (χ3v) is 10.6. The summed E-state index contributed by atoms with van der Waals surface area (Å²) in [6.45, 7) is 8.05. The molecule has 5 nitrogen and oxygen atoms in total. The van der Waals surface area contributed by atoms with Crippen LogP contribution in [0.1, 0.15) is 64.8 Å². The SMILES string of the molecule is Cc1cc(C)c(S(=O)(=O)N(CC(=O)N(Cc2ccc(F)cc2)Cc2sccc2C)C2CCCCC2)c(C)c1. The fourth-order valence-corrected chi connectivity index (χ4v) is 8.46. The third kappa shape index (κ3) is 6.53. The van der Waals surface area contributed by atoms with Gasteiger partial charge in [0.2, 0.25) is 15.9 Å². The van der Waals surface area contributed by atoms with Crippen LogP contribution in [0.25, 0.3) is 0 Å². The lowest BCUT2D eigenvalue weighted by atomic mass is 9.95. The number of aryl methyl sites for hydroxylation is 4. The largest absolute Gasteiger partial charge is 0.332 e. The van der Waals surface area contributed by atoms with E-state index in [-0.39, 0.29) is 30.9 Å². The van der Waals surface area contributed by atoms with Crippen molar-refractivity contribution in [2.24, 2.45) is 0 Å². The van der Waals surface area contributed by atoms with Gasteiger partial charge in [0, 0.05) is 17.5 Å². The number of carbonyl (C=O) groups is 1. The zero-order chi connectivity index (χ0) is 27.4. The Bertz CT molecular complexity index is 1350. The predicted octanol–water partition coefficient (Wildman–Crippen LogP) is 6.67. The van der Waals surface area contributed by atoms with Crippen LogP contribution in [-0.2, 0) is 27.9 Å². The minimum atomic E-state index is -3.92. The van der Waals surface area contributed by atoms with E-state index in [0.29, 0.717) is 22.6 Å². The van der Waals surface area contributed by atoms with Crippen LogP contribution in [-0.4, -0.2) is 36.1 Å². The Kier molecular flexibility index (Phi) is 9.06. The molecule has 3 aromatic rings. The standard InChI is InChI=1S/C30H37FN2O3S2/c1-21-16-23(3)30(24(4)17-21)38(35,36)33(27-8-6-5-7-9-27)20-29(34)32(19-28-22(2)14-15-37-28)18-25-10-12-26(31)13-11-25/h10-17,27H,5-9,18-20H2,1-4H3. The van der Waals surface area contributed by atoms with Crippen LogP contribution in [0.5, 0.6) is 0 Å². The molecule has 1 heterocycles. The van der Waals surface area contributed by atoms with Crippen molar-refractivity contribution >= 4 is 27.3 Å². The monoisotopic (exact) mass is 556 g/mol. The molecule has 0 radical (unpaired) electrons. The van der Waals surface area contributed by atoms with Gasteiger partial charge in [-0.1, -0.05) is 49.1 Å². The summed E-state index contributed by atoms with van der Waals surface area (Å²) in [6.07, 6.45) is 4.47. The van der Waals surface area contributed by atoms with Crippen LogP contribution < -0.4 is 0 Å². The number of amides is 1. The molecule has 4 rings (SSSR count). The van der Waals surface area contributed by atoms with E-state index in [1.807, 2.05) is 51.3 Å². The fraction of sp³-hybridized carbons (Fsp3) is 0.433. The van der Waals surface area contributed by atoms with Crippen LogP contribution >= 0.6 is 11.3 Å². The van der Waals surface area contributed by atoms with Crippen molar-refractivity contribution in [3.8, 4) is 0 Å². The average Bonchev–Trinajstić information content (AvgIpc) is 3.27. The van der Waals surface area contributed by atoms with Gasteiger partial charge in [0.1, 0.15) is 5.82 Å². The van der Waals surface area contributed by atoms with E-state index < -0.39 is 10.0 Å². The van der Waals surface area contributed by atoms with Crippen LogP contribution in [0.15, 0.2) is 52.7 Å². The highest BCUT2D eigenvalue weighted by molar-refractivity contribution is 7.89. The molecule has 1 aliphatic carbocycles. The summed E-state index contributed by atoms with van der Waals surface area (Å²) in [6, 6.07) is 11.7. The summed E-state index contributed by atoms with van der Waals surface area (Å²) in [4.78, 5) is 17.0. The smallest absolute Gasteiger partial charge is 0.244 e. The number of thiophene rings is 1. The first-order valence-electron chi connectivity index (χ1n) is 13.2. The summed E-state index contributed by atoms with van der Waals surface area (Å²) in [5, 5.41) is 1.99. The Labute approximate surface area is 230 Å². The van der Waals surface area contributed by atoms with Crippen molar-refractivity contribution < 1.29 is 17.6 Å². The van der Waals surface area contributed by atoms with Gasteiger partial charge in [0.25, 0.3) is 0 Å². The maximum atomic E-state index is 14.2. The summed E-state index contributed by atoms with van der Waals surface area (Å²) in [5.41, 5.74) is 4.30. The number of benzene rings is 2. The summed E-state index contributed by atoms with van der Waals surface area (Å²) in [7, 11) is -3.92. The number of nitrogens with zero attached hydrogens (tertiary/aromatic N) is 2. The minimum absolute atomic E-state index is 0.214. The number of carbonyl (C=O) groups excluding carboxylic acids is 1. The molecule has 8 heteroatoms. The van der Waals surface area contributed by atoms with Crippen LogP contribution in [0, 0.1) is 33.5 Å². The van der Waals surface area contributed by atoms with Gasteiger partial charge in [0.15, 0.2) is 0 Å². The molecule has 1 aliphatic rings. The molecular weight excluding hydrogens is 519 g/mol. The first kappa shape index (κ1) is 28.5. The number of hydrogen-bond donors (Lipinski definition) is 0. The lowest BCUT2D eigenvalue weighted by Crippen LogP contribution is -2.48. The predicted molar refractivity (Wildman–Crippen MR) is 151 cm³/mol. The highest BCUT2D eigenvalue weighted by Gasteiger charge is 2.36. The molecule has 38 heavy (non-hydrogen) atoms. The van der Waals surface area contributed by atoms with Crippen molar-refractivity contribution in [3.05, 3.63) is 86.4 Å². The summed E-state index contributed by atoms with van der Waals surface area (Å²) >= 11 is 1.58. The van der Waals surface area contributed by atoms with Gasteiger partial charge in [-0.15, -0.1) is 11.3 Å². The second-order valence-electron chi connectivity index (χ2n) is 10.5. The molecule has 0 N–H and O–H groups in total. The maximum absolute atomic E-state index is 14.2. The molecule has 0 atom stereocenters. The zero-order valence-corrected chi connectivity index (χ0v) is 24.3. The van der Waals surface area contributed by atoms with Crippen LogP contribution in [0.2, 0.25) is 0 Å². The molecule has 0 aliphatic heterocycles. The fourth-order valence-electron chi connectivity index (χ4n) is 5.49. The highest BCUT2D eigenvalue weighted by atomic mass is 32.2. The van der Waals surface area contributed by atoms with E-state index in [0.717, 1.165) is 53.7 Å². The molecule has 1 amide bonds. The number of halogens is 1. The quantitative estimate of drug-likeness (QED) is 0.296. The van der Waals surface area contributed by atoms with E-state index in [1.54, 1.807) is 28.4 Å². The molecule has 1 fully saturated rings. The van der Waals surface area contributed by atoms with E-state index >= 15 is 0 Å². The van der Waals surface area contributed by atoms with Crippen LogP contribution in [0.3, 0.4) is 0 Å².